The highest BCUT2D eigenvalue weighted by Gasteiger charge is 2.28. The first-order valence-corrected chi connectivity index (χ1v) is 9.88. The molecule has 2 aromatic rings. The lowest BCUT2D eigenvalue weighted by Crippen LogP contribution is -2.59. The molecule has 2 fully saturated rings. The van der Waals surface area contributed by atoms with E-state index in [1.165, 1.54) is 11.3 Å². The van der Waals surface area contributed by atoms with Crippen LogP contribution in [0.1, 0.15) is 5.56 Å². The molecule has 2 saturated heterocycles. The second kappa shape index (κ2) is 8.74. The molecule has 5 nitrogen and oxygen atoms in total. The van der Waals surface area contributed by atoms with Crippen molar-refractivity contribution in [1.29, 1.82) is 0 Å². The van der Waals surface area contributed by atoms with Crippen LogP contribution in [0.5, 0.6) is 5.75 Å². The van der Waals surface area contributed by atoms with Crippen molar-refractivity contribution >= 4 is 5.69 Å². The Balaban J connectivity index is 1.30. The highest BCUT2D eigenvalue weighted by atomic mass is 16.5. The molecule has 4 rings (SSSR count). The van der Waals surface area contributed by atoms with Crippen LogP contribution in [0.4, 0.5) is 5.69 Å². The average molecular weight is 366 g/mol. The molecular weight excluding hydrogens is 336 g/mol. The van der Waals surface area contributed by atoms with Crippen molar-refractivity contribution in [3.8, 4) is 5.75 Å². The quantitative estimate of drug-likeness (QED) is 0.814. The number of hydrogen-bond acceptors (Lipinski definition) is 4. The Morgan fingerprint density at radius 1 is 0.926 bits per heavy atom. The smallest absolute Gasteiger partial charge is 0.119 e. The number of ether oxygens (including phenoxy) is 1. The topological polar surface area (TPSA) is 33.1 Å². The van der Waals surface area contributed by atoms with Crippen molar-refractivity contribution in [2.75, 3.05) is 57.8 Å². The van der Waals surface area contributed by atoms with E-state index in [0.717, 1.165) is 58.1 Å². The Kier molecular flexibility index (Phi) is 5.92. The molecule has 0 amide bonds. The molecule has 0 saturated carbocycles. The van der Waals surface area contributed by atoms with Gasteiger partial charge in [-0.2, -0.15) is 0 Å². The number of rotatable bonds is 5. The lowest BCUT2D eigenvalue weighted by molar-refractivity contribution is 0.0735. The maximum Gasteiger partial charge on any atom is 0.119 e. The van der Waals surface area contributed by atoms with Crippen LogP contribution in [-0.4, -0.2) is 68.9 Å². The second-order valence-electron chi connectivity index (χ2n) is 7.33. The third kappa shape index (κ3) is 4.61. The molecule has 1 atom stereocenters. The van der Waals surface area contributed by atoms with Gasteiger partial charge in [-0.3, -0.25) is 9.80 Å². The van der Waals surface area contributed by atoms with Gasteiger partial charge in [0.05, 0.1) is 13.3 Å². The molecule has 1 radical (unpaired) electrons. The van der Waals surface area contributed by atoms with Gasteiger partial charge in [0.2, 0.25) is 0 Å². The van der Waals surface area contributed by atoms with Gasteiger partial charge in [0.15, 0.2) is 0 Å². The third-order valence-electron chi connectivity index (χ3n) is 5.61. The normalized spacial score (nSPS) is 22.0. The third-order valence-corrected chi connectivity index (χ3v) is 5.61. The zero-order valence-corrected chi connectivity index (χ0v) is 16.1. The molecular formula is C22H29N4O. The van der Waals surface area contributed by atoms with Crippen molar-refractivity contribution < 1.29 is 4.74 Å². The van der Waals surface area contributed by atoms with E-state index < -0.39 is 0 Å². The van der Waals surface area contributed by atoms with E-state index in [9.17, 15) is 0 Å². The molecule has 143 valence electrons. The largest absolute Gasteiger partial charge is 0.497 e. The lowest BCUT2D eigenvalue weighted by atomic mass is 10.1. The van der Waals surface area contributed by atoms with Gasteiger partial charge >= 0.3 is 0 Å². The molecule has 27 heavy (non-hydrogen) atoms. The fraction of sp³-hybridized carbons (Fsp3) is 0.455. The predicted molar refractivity (Wildman–Crippen MR) is 109 cm³/mol. The second-order valence-corrected chi connectivity index (χ2v) is 7.33. The van der Waals surface area contributed by atoms with Gasteiger partial charge in [0.25, 0.3) is 0 Å². The maximum absolute atomic E-state index is 5.28. The summed E-state index contributed by atoms with van der Waals surface area (Å²) in [6.07, 6.45) is 0.305. The van der Waals surface area contributed by atoms with E-state index in [-0.39, 0.29) is 0 Å². The molecule has 1 unspecified atom stereocenters. The number of benzene rings is 2. The van der Waals surface area contributed by atoms with E-state index in [2.05, 4.69) is 57.2 Å². The van der Waals surface area contributed by atoms with E-state index >= 15 is 0 Å². The number of nitrogens with zero attached hydrogens (tertiary/aromatic N) is 4. The molecule has 2 heterocycles. The van der Waals surface area contributed by atoms with Gasteiger partial charge in [-0.1, -0.05) is 30.3 Å². The molecule has 2 aliphatic heterocycles. The zero-order chi connectivity index (χ0) is 18.5. The van der Waals surface area contributed by atoms with E-state index in [1.807, 2.05) is 12.1 Å². The molecule has 0 N–H and O–H groups in total. The first-order chi connectivity index (χ1) is 13.3. The molecule has 5 heteroatoms. The minimum absolute atomic E-state index is 0.305. The van der Waals surface area contributed by atoms with Crippen LogP contribution in [0, 0.1) is 0 Å². The minimum atomic E-state index is 0.305. The van der Waals surface area contributed by atoms with Crippen LogP contribution >= 0.6 is 0 Å². The van der Waals surface area contributed by atoms with Gasteiger partial charge in [0, 0.05) is 58.0 Å². The van der Waals surface area contributed by atoms with Crippen LogP contribution in [0.15, 0.2) is 54.6 Å². The molecule has 0 aliphatic carbocycles. The Hall–Kier alpha value is -2.08. The summed E-state index contributed by atoms with van der Waals surface area (Å²) >= 11 is 0. The molecule has 0 bridgehead atoms. The number of anilines is 1. The van der Waals surface area contributed by atoms with Crippen molar-refractivity contribution in [1.82, 2.24) is 15.1 Å². The number of methoxy groups -OCH3 is 1. The Morgan fingerprint density at radius 3 is 2.37 bits per heavy atom. The maximum atomic E-state index is 5.28. The Labute approximate surface area is 162 Å². The number of piperazine rings is 2. The molecule has 2 aliphatic rings. The van der Waals surface area contributed by atoms with Gasteiger partial charge in [0.1, 0.15) is 5.75 Å². The van der Waals surface area contributed by atoms with Crippen LogP contribution < -0.4 is 15.0 Å². The Bertz CT molecular complexity index is 698. The van der Waals surface area contributed by atoms with Crippen molar-refractivity contribution in [3.05, 3.63) is 60.2 Å². The minimum Gasteiger partial charge on any atom is -0.497 e. The molecule has 0 spiro atoms. The summed E-state index contributed by atoms with van der Waals surface area (Å²) in [5.74, 6) is 0.909. The number of hydrogen-bond donors (Lipinski definition) is 0. The first kappa shape index (κ1) is 18.3. The first-order valence-electron chi connectivity index (χ1n) is 9.88. The van der Waals surface area contributed by atoms with Crippen molar-refractivity contribution in [2.24, 2.45) is 0 Å². The average Bonchev–Trinajstić information content (AvgIpc) is 2.75. The van der Waals surface area contributed by atoms with Crippen LogP contribution in [0.25, 0.3) is 0 Å². The monoisotopic (exact) mass is 365 g/mol. The van der Waals surface area contributed by atoms with Crippen LogP contribution in [-0.2, 0) is 6.54 Å². The summed E-state index contributed by atoms with van der Waals surface area (Å²) in [4.78, 5) is 7.56. The van der Waals surface area contributed by atoms with E-state index in [0.29, 0.717) is 6.17 Å². The molecule has 2 aromatic carbocycles. The Morgan fingerprint density at radius 2 is 1.67 bits per heavy atom. The van der Waals surface area contributed by atoms with E-state index in [1.54, 1.807) is 7.11 Å². The lowest BCUT2D eigenvalue weighted by Gasteiger charge is -2.43. The van der Waals surface area contributed by atoms with Crippen molar-refractivity contribution in [3.63, 3.8) is 0 Å². The van der Waals surface area contributed by atoms with Gasteiger partial charge in [-0.25, -0.2) is 5.32 Å². The van der Waals surface area contributed by atoms with Crippen molar-refractivity contribution in [2.45, 2.75) is 12.7 Å². The fourth-order valence-corrected chi connectivity index (χ4v) is 3.99. The zero-order valence-electron chi connectivity index (χ0n) is 16.1. The van der Waals surface area contributed by atoms with Crippen LogP contribution in [0.3, 0.4) is 0 Å². The standard InChI is InChI=1S/C22H29N4O/c1-27-21-9-7-20(8-10-21)26-12-11-23-22(18-26)25-15-13-24(14-16-25)17-19-5-3-2-4-6-19/h2-10,22H,11-18H2,1H3. The summed E-state index contributed by atoms with van der Waals surface area (Å²) in [6.45, 7) is 8.35. The summed E-state index contributed by atoms with van der Waals surface area (Å²) in [5, 5.41) is 4.91. The summed E-state index contributed by atoms with van der Waals surface area (Å²) in [7, 11) is 1.71. The SMILES string of the molecule is COc1ccc(N2CC[N]C(N3CCN(Cc4ccccc4)CC3)C2)cc1. The summed E-state index contributed by atoms with van der Waals surface area (Å²) in [6, 6.07) is 19.2. The van der Waals surface area contributed by atoms with Gasteiger partial charge in [-0.05, 0) is 29.8 Å². The van der Waals surface area contributed by atoms with E-state index in [4.69, 9.17) is 10.1 Å². The highest BCUT2D eigenvalue weighted by molar-refractivity contribution is 5.49. The predicted octanol–water partition coefficient (Wildman–Crippen LogP) is 2.26. The summed E-state index contributed by atoms with van der Waals surface area (Å²) < 4.78 is 5.28. The van der Waals surface area contributed by atoms with Gasteiger partial charge < -0.3 is 9.64 Å². The van der Waals surface area contributed by atoms with Crippen LogP contribution in [0.2, 0.25) is 0 Å². The fourth-order valence-electron chi connectivity index (χ4n) is 3.99. The molecule has 0 aromatic heterocycles. The van der Waals surface area contributed by atoms with Gasteiger partial charge in [-0.15, -0.1) is 0 Å². The summed E-state index contributed by atoms with van der Waals surface area (Å²) in [5.41, 5.74) is 2.66. The highest BCUT2D eigenvalue weighted by Crippen LogP contribution is 2.22.